The summed E-state index contributed by atoms with van der Waals surface area (Å²) >= 11 is 0. The Bertz CT molecular complexity index is 295. The van der Waals surface area contributed by atoms with Crippen LogP contribution in [0.2, 0.25) is 0 Å². The lowest BCUT2D eigenvalue weighted by Gasteiger charge is -2.11. The molecule has 0 fully saturated rings. The maximum atomic E-state index is 9.23. The summed E-state index contributed by atoms with van der Waals surface area (Å²) < 4.78 is 10.6. The SMILES string of the molecule is COc1cc(O)ccc1COC(C)C. The van der Waals surface area contributed by atoms with Crippen molar-refractivity contribution in [3.05, 3.63) is 23.8 Å². The van der Waals surface area contributed by atoms with E-state index in [1.165, 1.54) is 0 Å². The van der Waals surface area contributed by atoms with E-state index < -0.39 is 0 Å². The molecule has 0 aliphatic carbocycles. The minimum Gasteiger partial charge on any atom is -0.508 e. The highest BCUT2D eigenvalue weighted by Crippen LogP contribution is 2.24. The first kappa shape index (κ1) is 10.9. The quantitative estimate of drug-likeness (QED) is 0.803. The van der Waals surface area contributed by atoms with Crippen molar-refractivity contribution in [3.8, 4) is 11.5 Å². The lowest BCUT2D eigenvalue weighted by molar-refractivity contribution is 0.0644. The van der Waals surface area contributed by atoms with E-state index in [9.17, 15) is 5.11 Å². The van der Waals surface area contributed by atoms with Crippen LogP contribution in [0.5, 0.6) is 11.5 Å². The molecule has 0 aromatic heterocycles. The number of phenols is 1. The standard InChI is InChI=1S/C11H16O3/c1-8(2)14-7-9-4-5-10(12)6-11(9)13-3/h4-6,8,12H,7H2,1-3H3. The summed E-state index contributed by atoms with van der Waals surface area (Å²) in [7, 11) is 1.58. The monoisotopic (exact) mass is 196 g/mol. The van der Waals surface area contributed by atoms with Gasteiger partial charge in [-0.25, -0.2) is 0 Å². The van der Waals surface area contributed by atoms with E-state index in [1.807, 2.05) is 13.8 Å². The van der Waals surface area contributed by atoms with Crippen molar-refractivity contribution in [1.82, 2.24) is 0 Å². The fourth-order valence-electron chi connectivity index (χ4n) is 1.11. The molecule has 0 radical (unpaired) electrons. The third-order valence-corrected chi connectivity index (χ3v) is 1.84. The first-order valence-electron chi connectivity index (χ1n) is 4.61. The van der Waals surface area contributed by atoms with Crippen molar-refractivity contribution in [2.24, 2.45) is 0 Å². The second-order valence-corrected chi connectivity index (χ2v) is 3.36. The van der Waals surface area contributed by atoms with Crippen LogP contribution in [-0.2, 0) is 11.3 Å². The van der Waals surface area contributed by atoms with Gasteiger partial charge >= 0.3 is 0 Å². The predicted molar refractivity (Wildman–Crippen MR) is 54.6 cm³/mol. The predicted octanol–water partition coefficient (Wildman–Crippen LogP) is 2.33. The van der Waals surface area contributed by atoms with Crippen molar-refractivity contribution in [2.45, 2.75) is 26.6 Å². The average Bonchev–Trinajstić information content (AvgIpc) is 2.15. The second-order valence-electron chi connectivity index (χ2n) is 3.36. The summed E-state index contributed by atoms with van der Waals surface area (Å²) in [5.41, 5.74) is 0.944. The number of rotatable bonds is 4. The molecule has 1 rings (SSSR count). The van der Waals surface area contributed by atoms with Gasteiger partial charge in [-0.3, -0.25) is 0 Å². The highest BCUT2D eigenvalue weighted by molar-refractivity contribution is 5.39. The van der Waals surface area contributed by atoms with Crippen molar-refractivity contribution in [3.63, 3.8) is 0 Å². The summed E-state index contributed by atoms with van der Waals surface area (Å²) in [6.45, 7) is 4.46. The van der Waals surface area contributed by atoms with E-state index in [4.69, 9.17) is 9.47 Å². The number of aromatic hydroxyl groups is 1. The van der Waals surface area contributed by atoms with Crippen LogP contribution in [0, 0.1) is 0 Å². The third-order valence-electron chi connectivity index (χ3n) is 1.84. The fourth-order valence-corrected chi connectivity index (χ4v) is 1.11. The molecule has 0 atom stereocenters. The number of hydrogen-bond donors (Lipinski definition) is 1. The second kappa shape index (κ2) is 4.86. The molecule has 1 N–H and O–H groups in total. The van der Waals surface area contributed by atoms with Crippen LogP contribution in [0.25, 0.3) is 0 Å². The lowest BCUT2D eigenvalue weighted by Crippen LogP contribution is -2.03. The van der Waals surface area contributed by atoms with E-state index in [-0.39, 0.29) is 11.9 Å². The molecule has 1 aromatic rings. The first-order chi connectivity index (χ1) is 6.63. The van der Waals surface area contributed by atoms with Gasteiger partial charge in [-0.15, -0.1) is 0 Å². The highest BCUT2D eigenvalue weighted by atomic mass is 16.5. The summed E-state index contributed by atoms with van der Waals surface area (Å²) in [4.78, 5) is 0. The zero-order chi connectivity index (χ0) is 10.6. The van der Waals surface area contributed by atoms with Gasteiger partial charge in [0, 0.05) is 11.6 Å². The Morgan fingerprint density at radius 2 is 2.07 bits per heavy atom. The smallest absolute Gasteiger partial charge is 0.128 e. The van der Waals surface area contributed by atoms with Crippen LogP contribution < -0.4 is 4.74 Å². The van der Waals surface area contributed by atoms with Crippen LogP contribution in [-0.4, -0.2) is 18.3 Å². The molecule has 0 spiro atoms. The maximum Gasteiger partial charge on any atom is 0.128 e. The number of ether oxygens (including phenoxy) is 2. The van der Waals surface area contributed by atoms with Gasteiger partial charge in [0.15, 0.2) is 0 Å². The largest absolute Gasteiger partial charge is 0.508 e. The molecule has 78 valence electrons. The Labute approximate surface area is 84.3 Å². The van der Waals surface area contributed by atoms with Crippen LogP contribution in [0.3, 0.4) is 0 Å². The Morgan fingerprint density at radius 3 is 2.64 bits per heavy atom. The summed E-state index contributed by atoms with van der Waals surface area (Å²) in [6, 6.07) is 5.01. The molecule has 0 unspecified atom stereocenters. The van der Waals surface area contributed by atoms with Gasteiger partial charge < -0.3 is 14.6 Å². The highest BCUT2D eigenvalue weighted by Gasteiger charge is 2.04. The van der Waals surface area contributed by atoms with E-state index in [0.717, 1.165) is 5.56 Å². The molecule has 0 bridgehead atoms. The summed E-state index contributed by atoms with van der Waals surface area (Å²) in [5.74, 6) is 0.862. The van der Waals surface area contributed by atoms with Gasteiger partial charge in [0.25, 0.3) is 0 Å². The van der Waals surface area contributed by atoms with E-state index in [1.54, 1.807) is 25.3 Å². The lowest BCUT2D eigenvalue weighted by atomic mass is 10.2. The van der Waals surface area contributed by atoms with E-state index in [0.29, 0.717) is 12.4 Å². The third kappa shape index (κ3) is 2.92. The zero-order valence-electron chi connectivity index (χ0n) is 8.78. The van der Waals surface area contributed by atoms with Crippen molar-refractivity contribution in [1.29, 1.82) is 0 Å². The van der Waals surface area contributed by atoms with Crippen molar-refractivity contribution in [2.75, 3.05) is 7.11 Å². The van der Waals surface area contributed by atoms with Gasteiger partial charge in [0.1, 0.15) is 11.5 Å². The van der Waals surface area contributed by atoms with Crippen LogP contribution >= 0.6 is 0 Å². The van der Waals surface area contributed by atoms with Crippen LogP contribution in [0.1, 0.15) is 19.4 Å². The van der Waals surface area contributed by atoms with E-state index in [2.05, 4.69) is 0 Å². The topological polar surface area (TPSA) is 38.7 Å². The minimum atomic E-state index is 0.188. The number of hydrogen-bond acceptors (Lipinski definition) is 3. The van der Waals surface area contributed by atoms with Gasteiger partial charge in [-0.1, -0.05) is 0 Å². The number of benzene rings is 1. The van der Waals surface area contributed by atoms with Gasteiger partial charge in [-0.05, 0) is 26.0 Å². The normalized spacial score (nSPS) is 10.6. The molecule has 14 heavy (non-hydrogen) atoms. The molecule has 0 saturated carbocycles. The van der Waals surface area contributed by atoms with Gasteiger partial charge in [0.2, 0.25) is 0 Å². The summed E-state index contributed by atoms with van der Waals surface area (Å²) in [5, 5.41) is 9.23. The molecule has 0 aliphatic rings. The van der Waals surface area contributed by atoms with Crippen molar-refractivity contribution >= 4 is 0 Å². The van der Waals surface area contributed by atoms with Crippen LogP contribution in [0.4, 0.5) is 0 Å². The molecular weight excluding hydrogens is 180 g/mol. The van der Waals surface area contributed by atoms with Crippen molar-refractivity contribution < 1.29 is 14.6 Å². The number of methoxy groups -OCH3 is 1. The Hall–Kier alpha value is -1.22. The van der Waals surface area contributed by atoms with Gasteiger partial charge in [-0.2, -0.15) is 0 Å². The fraction of sp³-hybridized carbons (Fsp3) is 0.455. The van der Waals surface area contributed by atoms with E-state index >= 15 is 0 Å². The molecule has 0 amide bonds. The Kier molecular flexibility index (Phi) is 3.77. The number of phenolic OH excluding ortho intramolecular Hbond substituents is 1. The molecule has 0 aliphatic heterocycles. The molecule has 1 aromatic carbocycles. The van der Waals surface area contributed by atoms with Crippen LogP contribution in [0.15, 0.2) is 18.2 Å². The first-order valence-corrected chi connectivity index (χ1v) is 4.61. The summed E-state index contributed by atoms with van der Waals surface area (Å²) in [6.07, 6.45) is 0.188. The molecular formula is C11H16O3. The molecule has 0 heterocycles. The Balaban J connectivity index is 2.75. The maximum absolute atomic E-state index is 9.23. The molecule has 3 heteroatoms. The van der Waals surface area contributed by atoms with Gasteiger partial charge in [0.05, 0.1) is 19.8 Å². The minimum absolute atomic E-state index is 0.188. The Morgan fingerprint density at radius 1 is 1.36 bits per heavy atom. The average molecular weight is 196 g/mol. The molecule has 3 nitrogen and oxygen atoms in total. The molecule has 0 saturated heterocycles. The zero-order valence-corrected chi connectivity index (χ0v) is 8.78.